The molecule has 0 radical (unpaired) electrons. The zero-order chi connectivity index (χ0) is 18.5. The van der Waals surface area contributed by atoms with Crippen LogP contribution in [-0.2, 0) is 4.74 Å². The molecule has 0 saturated carbocycles. The Kier molecular flexibility index (Phi) is 11.9. The first-order chi connectivity index (χ1) is 12.1. The van der Waals surface area contributed by atoms with E-state index < -0.39 is 0 Å². The number of nitrogens with one attached hydrogen (secondary N) is 2. The molecule has 1 rings (SSSR count). The van der Waals surface area contributed by atoms with Crippen LogP contribution in [-0.4, -0.2) is 75.1 Å². The van der Waals surface area contributed by atoms with Crippen LogP contribution in [0, 0.1) is 11.8 Å². The third kappa shape index (κ3) is 9.42. The topological polar surface area (TPSA) is 69.1 Å². The summed E-state index contributed by atoms with van der Waals surface area (Å²) in [6.45, 7) is 12.3. The molecule has 2 unspecified atom stereocenters. The minimum Gasteiger partial charge on any atom is -0.396 e. The van der Waals surface area contributed by atoms with Gasteiger partial charge in [0.25, 0.3) is 0 Å². The Labute approximate surface area is 154 Å². The first-order valence-corrected chi connectivity index (χ1v) is 9.96. The average molecular weight is 357 g/mol. The summed E-state index contributed by atoms with van der Waals surface area (Å²) in [4.78, 5) is 7.28. The summed E-state index contributed by atoms with van der Waals surface area (Å²) in [5.74, 6) is 1.98. The smallest absolute Gasteiger partial charge is 0.191 e. The highest BCUT2D eigenvalue weighted by atomic mass is 16.5. The zero-order valence-corrected chi connectivity index (χ0v) is 16.8. The third-order valence-corrected chi connectivity index (χ3v) is 4.78. The van der Waals surface area contributed by atoms with Gasteiger partial charge in [0.05, 0.1) is 6.61 Å². The number of hydrogen-bond acceptors (Lipinski definition) is 4. The largest absolute Gasteiger partial charge is 0.396 e. The number of hydrogen-bond donors (Lipinski definition) is 3. The van der Waals surface area contributed by atoms with Crippen molar-refractivity contribution in [1.29, 1.82) is 0 Å². The zero-order valence-electron chi connectivity index (χ0n) is 16.8. The van der Waals surface area contributed by atoms with Gasteiger partial charge in [-0.05, 0) is 51.0 Å². The standard InChI is InChI=1S/C19H40N4O2/c1-5-20-19(21-14-17(8-11-24)13-16(2)3)22-15-18-7-6-9-23(18)10-12-25-4/h16-18,24H,5-15H2,1-4H3,(H2,20,21,22). The van der Waals surface area contributed by atoms with Crippen molar-refractivity contribution in [3.05, 3.63) is 0 Å². The van der Waals surface area contributed by atoms with E-state index in [0.29, 0.717) is 17.9 Å². The van der Waals surface area contributed by atoms with E-state index in [2.05, 4.69) is 36.3 Å². The van der Waals surface area contributed by atoms with Crippen molar-refractivity contribution >= 4 is 5.96 Å². The molecule has 25 heavy (non-hydrogen) atoms. The Morgan fingerprint density at radius 1 is 1.36 bits per heavy atom. The number of aliphatic imine (C=N–C) groups is 1. The van der Waals surface area contributed by atoms with Crippen LogP contribution in [0.1, 0.15) is 46.5 Å². The molecule has 1 aliphatic heterocycles. The van der Waals surface area contributed by atoms with Crippen LogP contribution >= 0.6 is 0 Å². The highest BCUT2D eigenvalue weighted by molar-refractivity contribution is 5.79. The molecular formula is C19H40N4O2. The van der Waals surface area contributed by atoms with Gasteiger partial charge in [0, 0.05) is 45.9 Å². The number of guanidine groups is 1. The van der Waals surface area contributed by atoms with Crippen LogP contribution in [0.25, 0.3) is 0 Å². The fourth-order valence-electron chi connectivity index (χ4n) is 3.54. The summed E-state index contributed by atoms with van der Waals surface area (Å²) in [5.41, 5.74) is 0. The molecule has 3 N–H and O–H groups in total. The summed E-state index contributed by atoms with van der Waals surface area (Å²) in [7, 11) is 1.76. The lowest BCUT2D eigenvalue weighted by Crippen LogP contribution is -2.45. The SMILES string of the molecule is CCNC(=NCC(CCO)CC(C)C)NCC1CCCN1CCOC. The van der Waals surface area contributed by atoms with E-state index in [9.17, 15) is 5.11 Å². The van der Waals surface area contributed by atoms with Crippen molar-refractivity contribution in [2.45, 2.75) is 52.5 Å². The van der Waals surface area contributed by atoms with Gasteiger partial charge in [-0.1, -0.05) is 13.8 Å². The predicted octanol–water partition coefficient (Wildman–Crippen LogP) is 1.70. The monoisotopic (exact) mass is 356 g/mol. The number of aliphatic hydroxyl groups is 1. The molecule has 0 spiro atoms. The maximum atomic E-state index is 9.27. The number of nitrogens with zero attached hydrogens (tertiary/aromatic N) is 2. The van der Waals surface area contributed by atoms with E-state index in [4.69, 9.17) is 9.73 Å². The minimum atomic E-state index is 0.243. The van der Waals surface area contributed by atoms with Gasteiger partial charge in [0.2, 0.25) is 0 Å². The Balaban J connectivity index is 2.51. The quantitative estimate of drug-likeness (QED) is 0.367. The van der Waals surface area contributed by atoms with Gasteiger partial charge < -0.3 is 20.5 Å². The Bertz CT molecular complexity index is 363. The van der Waals surface area contributed by atoms with Crippen LogP contribution in [0.15, 0.2) is 4.99 Å². The van der Waals surface area contributed by atoms with E-state index in [1.54, 1.807) is 7.11 Å². The Morgan fingerprint density at radius 2 is 2.16 bits per heavy atom. The second kappa shape index (κ2) is 13.4. The van der Waals surface area contributed by atoms with Crippen LogP contribution in [0.2, 0.25) is 0 Å². The lowest BCUT2D eigenvalue weighted by atomic mass is 9.94. The fraction of sp³-hybridized carbons (Fsp3) is 0.947. The van der Waals surface area contributed by atoms with E-state index in [0.717, 1.165) is 58.1 Å². The normalized spacial score (nSPS) is 20.2. The van der Waals surface area contributed by atoms with Crippen molar-refractivity contribution in [2.24, 2.45) is 16.8 Å². The number of rotatable bonds is 12. The summed E-state index contributed by atoms with van der Waals surface area (Å²) in [5, 5.41) is 16.1. The maximum absolute atomic E-state index is 9.27. The van der Waals surface area contributed by atoms with Crippen molar-refractivity contribution in [1.82, 2.24) is 15.5 Å². The lowest BCUT2D eigenvalue weighted by Gasteiger charge is -2.25. The Hall–Kier alpha value is -0.850. The van der Waals surface area contributed by atoms with Gasteiger partial charge in [0.15, 0.2) is 5.96 Å². The van der Waals surface area contributed by atoms with Gasteiger partial charge in [-0.15, -0.1) is 0 Å². The summed E-state index contributed by atoms with van der Waals surface area (Å²) < 4.78 is 5.22. The molecule has 1 fully saturated rings. The average Bonchev–Trinajstić information content (AvgIpc) is 3.02. The van der Waals surface area contributed by atoms with Crippen LogP contribution < -0.4 is 10.6 Å². The van der Waals surface area contributed by atoms with Gasteiger partial charge in [-0.25, -0.2) is 0 Å². The van der Waals surface area contributed by atoms with Crippen molar-refractivity contribution in [3.63, 3.8) is 0 Å². The summed E-state index contributed by atoms with van der Waals surface area (Å²) >= 11 is 0. The number of methoxy groups -OCH3 is 1. The van der Waals surface area contributed by atoms with Crippen molar-refractivity contribution < 1.29 is 9.84 Å². The maximum Gasteiger partial charge on any atom is 0.191 e. The molecule has 2 atom stereocenters. The molecular weight excluding hydrogens is 316 g/mol. The fourth-order valence-corrected chi connectivity index (χ4v) is 3.54. The second-order valence-electron chi connectivity index (χ2n) is 7.43. The number of likely N-dealkylation sites (tertiary alicyclic amines) is 1. The molecule has 148 valence electrons. The van der Waals surface area contributed by atoms with Gasteiger partial charge in [-0.3, -0.25) is 9.89 Å². The summed E-state index contributed by atoms with van der Waals surface area (Å²) in [6.07, 6.45) is 4.43. The molecule has 0 aliphatic carbocycles. The molecule has 1 heterocycles. The van der Waals surface area contributed by atoms with Gasteiger partial charge >= 0.3 is 0 Å². The van der Waals surface area contributed by atoms with E-state index in [1.807, 2.05) is 0 Å². The van der Waals surface area contributed by atoms with Crippen molar-refractivity contribution in [2.75, 3.05) is 53.0 Å². The van der Waals surface area contributed by atoms with Crippen LogP contribution in [0.5, 0.6) is 0 Å². The molecule has 0 aromatic heterocycles. The first kappa shape index (κ1) is 22.2. The van der Waals surface area contributed by atoms with Gasteiger partial charge in [-0.2, -0.15) is 0 Å². The molecule has 6 heteroatoms. The first-order valence-electron chi connectivity index (χ1n) is 9.96. The molecule has 1 saturated heterocycles. The van der Waals surface area contributed by atoms with E-state index in [1.165, 1.54) is 12.8 Å². The minimum absolute atomic E-state index is 0.243. The summed E-state index contributed by atoms with van der Waals surface area (Å²) in [6, 6.07) is 0.558. The van der Waals surface area contributed by atoms with Crippen LogP contribution in [0.4, 0.5) is 0 Å². The Morgan fingerprint density at radius 3 is 2.80 bits per heavy atom. The van der Waals surface area contributed by atoms with Crippen LogP contribution in [0.3, 0.4) is 0 Å². The highest BCUT2D eigenvalue weighted by Gasteiger charge is 2.24. The molecule has 0 aromatic carbocycles. The molecule has 0 amide bonds. The highest BCUT2D eigenvalue weighted by Crippen LogP contribution is 2.17. The van der Waals surface area contributed by atoms with Gasteiger partial charge in [0.1, 0.15) is 0 Å². The number of ether oxygens (including phenoxy) is 1. The van der Waals surface area contributed by atoms with Crippen molar-refractivity contribution in [3.8, 4) is 0 Å². The molecule has 6 nitrogen and oxygen atoms in total. The van der Waals surface area contributed by atoms with E-state index >= 15 is 0 Å². The lowest BCUT2D eigenvalue weighted by molar-refractivity contribution is 0.141. The number of aliphatic hydroxyl groups excluding tert-OH is 1. The predicted molar refractivity (Wildman–Crippen MR) is 105 cm³/mol. The third-order valence-electron chi connectivity index (χ3n) is 4.78. The molecule has 0 bridgehead atoms. The van der Waals surface area contributed by atoms with E-state index in [-0.39, 0.29) is 6.61 Å². The molecule has 0 aromatic rings. The molecule has 1 aliphatic rings. The second-order valence-corrected chi connectivity index (χ2v) is 7.43.